The highest BCUT2D eigenvalue weighted by atomic mass is 32.2. The van der Waals surface area contributed by atoms with Gasteiger partial charge < -0.3 is 15.8 Å². The lowest BCUT2D eigenvalue weighted by atomic mass is 9.75. The number of nitrogens with one attached hydrogen (secondary N) is 1. The maximum Gasteiger partial charge on any atom is 0.234 e. The van der Waals surface area contributed by atoms with Crippen molar-refractivity contribution in [3.8, 4) is 17.9 Å². The Morgan fingerprint density at radius 3 is 2.67 bits per heavy atom. The Kier molecular flexibility index (Phi) is 7.82. The van der Waals surface area contributed by atoms with Gasteiger partial charge in [0.15, 0.2) is 10.1 Å². The van der Waals surface area contributed by atoms with Gasteiger partial charge in [0.2, 0.25) is 11.0 Å². The van der Waals surface area contributed by atoms with Crippen LogP contribution in [-0.4, -0.2) is 34.8 Å². The second-order valence-corrected chi connectivity index (χ2v) is 11.1. The van der Waals surface area contributed by atoms with Gasteiger partial charge in [-0.05, 0) is 43.2 Å². The number of aromatic nitrogens is 2. The van der Waals surface area contributed by atoms with Crippen LogP contribution >= 0.6 is 23.1 Å². The van der Waals surface area contributed by atoms with Crippen LogP contribution in [0.25, 0.3) is 0 Å². The van der Waals surface area contributed by atoms with Gasteiger partial charge in [-0.15, -0.1) is 10.2 Å². The van der Waals surface area contributed by atoms with Crippen LogP contribution in [0.1, 0.15) is 36.3 Å². The van der Waals surface area contributed by atoms with Gasteiger partial charge in [-0.25, -0.2) is 0 Å². The molecule has 0 radical (unpaired) electrons. The SMILES string of the molecule is COc1ccccc1C1C(C#N)=C(N)N(c2nnc(SCC(=O)Nc3ccc(C#N)cc3)s2)C2=C1C(=O)CCC2. The van der Waals surface area contributed by atoms with Crippen molar-refractivity contribution < 1.29 is 14.3 Å². The van der Waals surface area contributed by atoms with Crippen LogP contribution in [0.3, 0.4) is 0 Å². The van der Waals surface area contributed by atoms with Gasteiger partial charge >= 0.3 is 0 Å². The molecule has 1 aromatic heterocycles. The number of nitrogens with zero attached hydrogens (tertiary/aromatic N) is 5. The molecule has 200 valence electrons. The Morgan fingerprint density at radius 1 is 1.18 bits per heavy atom. The maximum absolute atomic E-state index is 13.3. The largest absolute Gasteiger partial charge is 0.496 e. The van der Waals surface area contributed by atoms with Gasteiger partial charge in [-0.3, -0.25) is 14.5 Å². The zero-order chi connectivity index (χ0) is 28.2. The first-order valence-electron chi connectivity index (χ1n) is 12.3. The summed E-state index contributed by atoms with van der Waals surface area (Å²) in [6.45, 7) is 0. The van der Waals surface area contributed by atoms with Crippen molar-refractivity contribution in [2.75, 3.05) is 23.1 Å². The van der Waals surface area contributed by atoms with E-state index in [9.17, 15) is 14.9 Å². The van der Waals surface area contributed by atoms with Crippen molar-refractivity contribution in [1.82, 2.24) is 10.2 Å². The quantitative estimate of drug-likeness (QED) is 0.389. The van der Waals surface area contributed by atoms with Crippen molar-refractivity contribution in [2.24, 2.45) is 5.73 Å². The predicted octanol–water partition coefficient (Wildman–Crippen LogP) is 4.45. The number of amides is 1. The number of nitrogens with two attached hydrogens (primary N) is 1. The highest BCUT2D eigenvalue weighted by Crippen LogP contribution is 2.48. The first-order chi connectivity index (χ1) is 19.4. The Balaban J connectivity index is 1.42. The number of nitriles is 2. The van der Waals surface area contributed by atoms with Crippen molar-refractivity contribution in [3.63, 3.8) is 0 Å². The number of thioether (sulfide) groups is 1. The average molecular weight is 570 g/mol. The van der Waals surface area contributed by atoms with E-state index in [-0.39, 0.29) is 28.8 Å². The Labute approximate surface area is 238 Å². The van der Waals surface area contributed by atoms with Crippen molar-refractivity contribution in [3.05, 3.63) is 82.3 Å². The molecule has 1 amide bonds. The number of ether oxygens (including phenoxy) is 1. The van der Waals surface area contributed by atoms with Gasteiger partial charge in [0, 0.05) is 28.9 Å². The number of para-hydroxylation sites is 1. The minimum atomic E-state index is -0.645. The van der Waals surface area contributed by atoms with Gasteiger partial charge in [-0.2, -0.15) is 10.5 Å². The first kappa shape index (κ1) is 26.9. The van der Waals surface area contributed by atoms with Gasteiger partial charge in [0.1, 0.15) is 11.6 Å². The lowest BCUT2D eigenvalue weighted by Crippen LogP contribution is -2.38. The highest BCUT2D eigenvalue weighted by Gasteiger charge is 2.42. The third kappa shape index (κ3) is 5.15. The monoisotopic (exact) mass is 569 g/mol. The molecule has 3 aromatic rings. The van der Waals surface area contributed by atoms with Crippen molar-refractivity contribution in [2.45, 2.75) is 29.5 Å². The van der Waals surface area contributed by atoms with Gasteiger partial charge in [0.05, 0.1) is 42.1 Å². The molecule has 3 N–H and O–H groups in total. The van der Waals surface area contributed by atoms with Crippen LogP contribution in [0.5, 0.6) is 5.75 Å². The standard InChI is InChI=1S/C28H23N7O3S2/c1-38-22-8-3-2-5-18(22)24-19(14-30)26(31)35(20-6-4-7-21(36)25(20)24)27-33-34-28(40-27)39-15-23(37)32-17-11-9-16(13-29)10-12-17/h2-3,5,8-12,24H,4,6-7,15,31H2,1H3,(H,32,37). The molecule has 1 atom stereocenters. The number of ketones is 1. The molecule has 40 heavy (non-hydrogen) atoms. The lowest BCUT2D eigenvalue weighted by Gasteiger charge is -2.38. The number of hydrogen-bond donors (Lipinski definition) is 2. The minimum Gasteiger partial charge on any atom is -0.496 e. The number of carbonyl (C=O) groups excluding carboxylic acids is 2. The third-order valence-electron chi connectivity index (χ3n) is 6.57. The molecule has 0 fully saturated rings. The fraction of sp³-hybridized carbons (Fsp3) is 0.214. The van der Waals surface area contributed by atoms with E-state index in [0.29, 0.717) is 62.6 Å². The number of Topliss-reactive ketones (excluding diaryl/α,β-unsaturated/α-hetero) is 1. The lowest BCUT2D eigenvalue weighted by molar-refractivity contribution is -0.116. The summed E-state index contributed by atoms with van der Waals surface area (Å²) >= 11 is 2.44. The number of rotatable bonds is 7. The van der Waals surface area contributed by atoms with E-state index in [1.165, 1.54) is 23.1 Å². The Morgan fingerprint density at radius 2 is 1.95 bits per heavy atom. The molecule has 1 unspecified atom stereocenters. The number of benzene rings is 2. The van der Waals surface area contributed by atoms with Crippen molar-refractivity contribution in [1.29, 1.82) is 10.5 Å². The third-order valence-corrected chi connectivity index (χ3v) is 8.62. The molecular weight excluding hydrogens is 546 g/mol. The topological polar surface area (TPSA) is 158 Å². The fourth-order valence-corrected chi connectivity index (χ4v) is 6.51. The van der Waals surface area contributed by atoms with Gasteiger partial charge in [0.25, 0.3) is 0 Å². The smallest absolute Gasteiger partial charge is 0.234 e. The molecular formula is C28H23N7O3S2. The van der Waals surface area contributed by atoms with E-state index in [0.717, 1.165) is 0 Å². The normalized spacial score (nSPS) is 16.7. The van der Waals surface area contributed by atoms with Crippen LogP contribution < -0.4 is 20.7 Å². The Bertz CT molecular complexity index is 1630. The fourth-order valence-electron chi connectivity index (χ4n) is 4.82. The molecule has 12 heteroatoms. The summed E-state index contributed by atoms with van der Waals surface area (Å²) < 4.78 is 6.10. The molecule has 0 saturated carbocycles. The zero-order valence-corrected chi connectivity index (χ0v) is 23.0. The van der Waals surface area contributed by atoms with E-state index in [2.05, 4.69) is 21.6 Å². The average Bonchev–Trinajstić information content (AvgIpc) is 3.44. The van der Waals surface area contributed by atoms with Crippen LogP contribution in [0.2, 0.25) is 0 Å². The number of methoxy groups -OCH3 is 1. The van der Waals surface area contributed by atoms with E-state index < -0.39 is 5.92 Å². The molecule has 0 saturated heterocycles. The number of hydrogen-bond acceptors (Lipinski definition) is 11. The summed E-state index contributed by atoms with van der Waals surface area (Å²) in [4.78, 5) is 27.5. The molecule has 2 heterocycles. The van der Waals surface area contributed by atoms with Gasteiger partial charge in [-0.1, -0.05) is 41.3 Å². The Hall–Kier alpha value is -4.65. The summed E-state index contributed by atoms with van der Waals surface area (Å²) in [7, 11) is 1.55. The van der Waals surface area contributed by atoms with Crippen LogP contribution in [-0.2, 0) is 9.59 Å². The maximum atomic E-state index is 13.3. The first-order valence-corrected chi connectivity index (χ1v) is 14.1. The molecule has 2 aromatic carbocycles. The molecule has 1 aliphatic heterocycles. The highest BCUT2D eigenvalue weighted by molar-refractivity contribution is 8.01. The zero-order valence-electron chi connectivity index (χ0n) is 21.4. The van der Waals surface area contributed by atoms with E-state index in [4.69, 9.17) is 15.7 Å². The summed E-state index contributed by atoms with van der Waals surface area (Å²) in [5.41, 5.74) is 9.88. The van der Waals surface area contributed by atoms with E-state index >= 15 is 0 Å². The van der Waals surface area contributed by atoms with Crippen LogP contribution in [0, 0.1) is 22.7 Å². The minimum absolute atomic E-state index is 0.0407. The summed E-state index contributed by atoms with van der Waals surface area (Å²) in [6.07, 6.45) is 1.61. The summed E-state index contributed by atoms with van der Waals surface area (Å²) in [5, 5.41) is 30.9. The summed E-state index contributed by atoms with van der Waals surface area (Å²) in [5.74, 6) is -0.0724. The number of carbonyl (C=O) groups is 2. The number of allylic oxidation sites excluding steroid dienone is 3. The molecule has 1 aliphatic carbocycles. The molecule has 0 spiro atoms. The van der Waals surface area contributed by atoms with E-state index in [1.54, 1.807) is 42.3 Å². The second kappa shape index (κ2) is 11.6. The van der Waals surface area contributed by atoms with Crippen LogP contribution in [0.15, 0.2) is 75.5 Å². The van der Waals surface area contributed by atoms with Crippen molar-refractivity contribution >= 4 is 45.6 Å². The predicted molar refractivity (Wildman–Crippen MR) is 151 cm³/mol. The summed E-state index contributed by atoms with van der Waals surface area (Å²) in [6, 6.07) is 18.2. The molecule has 2 aliphatic rings. The van der Waals surface area contributed by atoms with E-state index in [1.807, 2.05) is 24.3 Å². The molecule has 0 bridgehead atoms. The second-order valence-electron chi connectivity index (χ2n) is 8.93. The molecule has 5 rings (SSSR count). The number of anilines is 2. The van der Waals surface area contributed by atoms with Crippen LogP contribution in [0.4, 0.5) is 10.8 Å². The molecule has 10 nitrogen and oxygen atoms in total.